The summed E-state index contributed by atoms with van der Waals surface area (Å²) in [5.74, 6) is -0.349. The first-order chi connectivity index (χ1) is 20.8. The van der Waals surface area contributed by atoms with Crippen molar-refractivity contribution in [2.24, 2.45) is 5.73 Å². The fraction of sp³-hybridized carbons (Fsp3) is 0.310. The average Bonchev–Trinajstić information content (AvgIpc) is 3.61. The quantitative estimate of drug-likeness (QED) is 0.298. The number of anilines is 2. The van der Waals surface area contributed by atoms with Crippen LogP contribution in [0.3, 0.4) is 0 Å². The molecule has 0 spiro atoms. The molecule has 0 saturated carbocycles. The zero-order chi connectivity index (χ0) is 29.8. The highest BCUT2D eigenvalue weighted by Gasteiger charge is 2.26. The van der Waals surface area contributed by atoms with Crippen LogP contribution in [0.25, 0.3) is 39.2 Å². The molecule has 4 N–H and O–H groups in total. The van der Waals surface area contributed by atoms with Crippen LogP contribution >= 0.6 is 0 Å². The van der Waals surface area contributed by atoms with Crippen molar-refractivity contribution in [3.05, 3.63) is 59.3 Å². The molecule has 1 saturated heterocycles. The number of rotatable bonds is 6. The molecule has 5 aromatic heterocycles. The summed E-state index contributed by atoms with van der Waals surface area (Å²) >= 11 is 0. The second-order valence-electron chi connectivity index (χ2n) is 10.8. The number of halogens is 1. The van der Waals surface area contributed by atoms with E-state index in [4.69, 9.17) is 21.0 Å². The highest BCUT2D eigenvalue weighted by atomic mass is 19.1. The monoisotopic (exact) mass is 583 g/mol. The van der Waals surface area contributed by atoms with Crippen LogP contribution in [-0.4, -0.2) is 77.8 Å². The number of fused-ring (bicyclic) bond motifs is 4. The van der Waals surface area contributed by atoms with E-state index in [2.05, 4.69) is 30.0 Å². The Kier molecular flexibility index (Phi) is 6.42. The van der Waals surface area contributed by atoms with Crippen molar-refractivity contribution in [3.63, 3.8) is 0 Å². The topological polar surface area (TPSA) is 163 Å². The number of nitrogen functional groups attached to an aromatic ring is 1. The van der Waals surface area contributed by atoms with E-state index in [9.17, 15) is 4.79 Å². The largest absolute Gasteiger partial charge is 0.368 e. The van der Waals surface area contributed by atoms with Crippen molar-refractivity contribution >= 4 is 45.2 Å². The van der Waals surface area contributed by atoms with Gasteiger partial charge in [-0.25, -0.2) is 9.37 Å². The van der Waals surface area contributed by atoms with Gasteiger partial charge in [0.15, 0.2) is 11.2 Å². The van der Waals surface area contributed by atoms with Gasteiger partial charge in [0.25, 0.3) is 5.91 Å². The maximum absolute atomic E-state index is 15.0. The van der Waals surface area contributed by atoms with Gasteiger partial charge in [0, 0.05) is 50.4 Å². The molecule has 1 aliphatic heterocycles. The van der Waals surface area contributed by atoms with Gasteiger partial charge in [-0.15, -0.1) is 5.10 Å². The maximum atomic E-state index is 15.0. The molecular formula is C29H30FN11O2. The molecule has 0 radical (unpaired) electrons. The van der Waals surface area contributed by atoms with Gasteiger partial charge < -0.3 is 25.5 Å². The number of aryl methyl sites for hydroxylation is 2. The van der Waals surface area contributed by atoms with E-state index in [0.717, 1.165) is 24.0 Å². The normalized spacial score (nSPS) is 14.7. The van der Waals surface area contributed by atoms with Crippen LogP contribution in [0.15, 0.2) is 41.1 Å². The van der Waals surface area contributed by atoms with E-state index >= 15 is 4.39 Å². The molecule has 0 unspecified atom stereocenters. The molecule has 0 bridgehead atoms. The maximum Gasteiger partial charge on any atom is 0.265 e. The number of nitrogens with two attached hydrogens (primary N) is 2. The van der Waals surface area contributed by atoms with Crippen molar-refractivity contribution in [1.82, 2.24) is 39.2 Å². The number of aromatic nitrogens is 7. The Bertz CT molecular complexity index is 2010. The number of hydrogen-bond acceptors (Lipinski definition) is 10. The molecule has 0 atom stereocenters. The lowest BCUT2D eigenvalue weighted by atomic mass is 10.1. The predicted molar refractivity (Wildman–Crippen MR) is 159 cm³/mol. The first-order valence-corrected chi connectivity index (χ1v) is 14.1. The molecule has 14 heteroatoms. The van der Waals surface area contributed by atoms with Crippen molar-refractivity contribution in [2.45, 2.75) is 26.8 Å². The molecule has 6 aromatic rings. The number of amides is 1. The Balaban J connectivity index is 1.17. The highest BCUT2D eigenvalue weighted by Crippen LogP contribution is 2.31. The third-order valence-corrected chi connectivity index (χ3v) is 8.16. The number of carbonyl (C=O) groups is 1. The van der Waals surface area contributed by atoms with Crippen molar-refractivity contribution in [2.75, 3.05) is 43.4 Å². The van der Waals surface area contributed by atoms with Gasteiger partial charge in [-0.3, -0.25) is 14.7 Å². The van der Waals surface area contributed by atoms with Gasteiger partial charge in [-0.05, 0) is 50.6 Å². The van der Waals surface area contributed by atoms with Gasteiger partial charge in [-0.1, -0.05) is 11.2 Å². The molecule has 1 fully saturated rings. The van der Waals surface area contributed by atoms with E-state index < -0.39 is 5.91 Å². The van der Waals surface area contributed by atoms with E-state index in [0.29, 0.717) is 83.5 Å². The minimum absolute atomic E-state index is 0.138. The first-order valence-electron chi connectivity index (χ1n) is 14.1. The number of nitrogens with zero attached hydrogens (tertiary/aromatic N) is 9. The molecule has 7 rings (SSSR count). The molecule has 1 aromatic carbocycles. The van der Waals surface area contributed by atoms with Crippen LogP contribution in [0.1, 0.15) is 28.2 Å². The predicted octanol–water partition coefficient (Wildman–Crippen LogP) is 2.93. The summed E-state index contributed by atoms with van der Waals surface area (Å²) in [6, 6.07) is 8.71. The van der Waals surface area contributed by atoms with Crippen molar-refractivity contribution in [1.29, 1.82) is 0 Å². The average molecular weight is 584 g/mol. The van der Waals surface area contributed by atoms with Crippen LogP contribution in [0, 0.1) is 19.7 Å². The van der Waals surface area contributed by atoms with Gasteiger partial charge in [0.1, 0.15) is 22.9 Å². The smallest absolute Gasteiger partial charge is 0.265 e. The molecule has 6 heterocycles. The Hall–Kier alpha value is -5.11. The minimum atomic E-state index is -0.561. The van der Waals surface area contributed by atoms with Crippen LogP contribution in [0.4, 0.5) is 16.0 Å². The van der Waals surface area contributed by atoms with Crippen molar-refractivity contribution in [3.8, 4) is 11.5 Å². The number of pyridine rings is 1. The zero-order valence-corrected chi connectivity index (χ0v) is 23.8. The lowest BCUT2D eigenvalue weighted by molar-refractivity contribution is 0.0990. The lowest BCUT2D eigenvalue weighted by Crippen LogP contribution is -2.33. The second-order valence-corrected chi connectivity index (χ2v) is 10.8. The third-order valence-electron chi connectivity index (χ3n) is 8.16. The molecule has 0 aliphatic carbocycles. The summed E-state index contributed by atoms with van der Waals surface area (Å²) < 4.78 is 23.5. The number of carbonyl (C=O) groups excluding carboxylic acids is 1. The molecular weight excluding hydrogens is 553 g/mol. The Morgan fingerprint density at radius 1 is 1.07 bits per heavy atom. The van der Waals surface area contributed by atoms with Crippen LogP contribution < -0.4 is 16.4 Å². The van der Waals surface area contributed by atoms with E-state index in [1.807, 2.05) is 42.7 Å². The SMILES string of the molecule is Cc1noc2cc(F)c(N3CCCN(CCn4c(C(N)=O)c(C)c5c4nc(N)n4nc(-c6ccccn6)nc54)CC3)cc12. The summed E-state index contributed by atoms with van der Waals surface area (Å²) in [5, 5.41) is 9.96. The molecule has 1 amide bonds. The third kappa shape index (κ3) is 4.50. The Morgan fingerprint density at radius 3 is 2.72 bits per heavy atom. The van der Waals surface area contributed by atoms with Gasteiger partial charge in [-0.2, -0.15) is 9.50 Å². The zero-order valence-electron chi connectivity index (χ0n) is 23.8. The minimum Gasteiger partial charge on any atom is -0.368 e. The second kappa shape index (κ2) is 10.3. The highest BCUT2D eigenvalue weighted by molar-refractivity contribution is 6.04. The van der Waals surface area contributed by atoms with Gasteiger partial charge >= 0.3 is 0 Å². The Morgan fingerprint density at radius 2 is 1.93 bits per heavy atom. The Labute approximate surface area is 244 Å². The number of benzene rings is 1. The molecule has 1 aliphatic rings. The summed E-state index contributed by atoms with van der Waals surface area (Å²) in [6.45, 7) is 7.63. The summed E-state index contributed by atoms with van der Waals surface area (Å²) in [4.78, 5) is 30.8. The fourth-order valence-corrected chi connectivity index (χ4v) is 6.03. The summed E-state index contributed by atoms with van der Waals surface area (Å²) in [6.07, 6.45) is 2.51. The van der Waals surface area contributed by atoms with Gasteiger partial charge in [0.2, 0.25) is 11.8 Å². The fourth-order valence-electron chi connectivity index (χ4n) is 6.03. The van der Waals surface area contributed by atoms with Crippen LogP contribution in [0.2, 0.25) is 0 Å². The summed E-state index contributed by atoms with van der Waals surface area (Å²) in [7, 11) is 0. The molecule has 220 valence electrons. The van der Waals surface area contributed by atoms with E-state index in [-0.39, 0.29) is 11.8 Å². The van der Waals surface area contributed by atoms with Crippen molar-refractivity contribution < 1.29 is 13.7 Å². The number of primary amides is 1. The van der Waals surface area contributed by atoms with Gasteiger partial charge in [0.05, 0.1) is 16.8 Å². The number of hydrogen-bond donors (Lipinski definition) is 2. The van der Waals surface area contributed by atoms with E-state index in [1.165, 1.54) is 10.6 Å². The molecule has 43 heavy (non-hydrogen) atoms. The van der Waals surface area contributed by atoms with Crippen LogP contribution in [0.5, 0.6) is 0 Å². The lowest BCUT2D eigenvalue weighted by Gasteiger charge is -2.24. The molecule has 13 nitrogen and oxygen atoms in total. The van der Waals surface area contributed by atoms with Crippen LogP contribution in [-0.2, 0) is 6.54 Å². The standard InChI is InChI=1S/C29H30FN11O2/c1-16-23-27(35-29(32)41-28(23)34-26(36-41)20-6-3-4-7-33-20)40(24(16)25(31)42)13-11-38-8-5-9-39(12-10-38)21-14-18-17(2)37-43-22(18)15-19(21)30/h3-4,6-7,14-15H,5,8-13H2,1-2H3,(H2,31,42)(H2,32,35). The summed E-state index contributed by atoms with van der Waals surface area (Å²) in [5.41, 5.74) is 16.6. The van der Waals surface area contributed by atoms with E-state index in [1.54, 1.807) is 6.20 Å². The first kappa shape index (κ1) is 26.8.